The lowest BCUT2D eigenvalue weighted by Gasteiger charge is -2.19. The number of hydrogen-bond donors (Lipinski definition) is 2. The zero-order valence-electron chi connectivity index (χ0n) is 15.7. The molecule has 3 rings (SSSR count). The van der Waals surface area contributed by atoms with Crippen LogP contribution in [0.2, 0.25) is 0 Å². The highest BCUT2D eigenvalue weighted by molar-refractivity contribution is 5.94. The lowest BCUT2D eigenvalue weighted by Crippen LogP contribution is -2.22. The van der Waals surface area contributed by atoms with Gasteiger partial charge in [-0.2, -0.15) is 0 Å². The van der Waals surface area contributed by atoms with Crippen molar-refractivity contribution >= 4 is 17.9 Å². The van der Waals surface area contributed by atoms with Crippen molar-refractivity contribution in [2.75, 3.05) is 0 Å². The van der Waals surface area contributed by atoms with Crippen molar-refractivity contribution in [3.63, 3.8) is 0 Å². The minimum atomic E-state index is -1.52. The predicted molar refractivity (Wildman–Crippen MR) is 106 cm³/mol. The van der Waals surface area contributed by atoms with E-state index in [1.165, 1.54) is 24.3 Å². The molecule has 0 saturated heterocycles. The Morgan fingerprint density at radius 2 is 1.10 bits per heavy atom. The number of carboxylic acid groups (broad SMARTS) is 2. The monoisotopic (exact) mass is 406 g/mol. The largest absolute Gasteiger partial charge is 0.478 e. The van der Waals surface area contributed by atoms with E-state index in [0.29, 0.717) is 11.1 Å². The summed E-state index contributed by atoms with van der Waals surface area (Å²) in [4.78, 5) is 36.1. The van der Waals surface area contributed by atoms with E-state index in [-0.39, 0.29) is 11.3 Å². The van der Waals surface area contributed by atoms with Crippen LogP contribution < -0.4 is 4.74 Å². The van der Waals surface area contributed by atoms with Gasteiger partial charge in [0.05, 0.1) is 0 Å². The van der Waals surface area contributed by atoms with Crippen LogP contribution in [0.25, 0.3) is 0 Å². The van der Waals surface area contributed by atoms with Crippen molar-refractivity contribution in [3.8, 4) is 5.75 Å². The van der Waals surface area contributed by atoms with Crippen molar-refractivity contribution < 1.29 is 34.1 Å². The van der Waals surface area contributed by atoms with Crippen molar-refractivity contribution in [2.45, 2.75) is 12.2 Å². The molecule has 0 aliphatic carbocycles. The van der Waals surface area contributed by atoms with E-state index in [9.17, 15) is 24.6 Å². The first kappa shape index (κ1) is 20.6. The molecule has 30 heavy (non-hydrogen) atoms. The topological polar surface area (TPSA) is 110 Å². The van der Waals surface area contributed by atoms with Crippen LogP contribution in [0.4, 0.5) is 0 Å². The van der Waals surface area contributed by atoms with Crippen LogP contribution in [0.3, 0.4) is 0 Å². The van der Waals surface area contributed by atoms with Gasteiger partial charge in [0, 0.05) is 11.1 Å². The van der Waals surface area contributed by atoms with Crippen LogP contribution in [0.1, 0.15) is 33.7 Å². The van der Waals surface area contributed by atoms with E-state index in [1.54, 1.807) is 60.7 Å². The second-order valence-corrected chi connectivity index (χ2v) is 6.28. The molecule has 152 valence electrons. The summed E-state index contributed by atoms with van der Waals surface area (Å²) in [6.07, 6.45) is -2.87. The molecule has 0 aliphatic rings. The second kappa shape index (κ2) is 9.38. The van der Waals surface area contributed by atoms with Crippen LogP contribution in [-0.4, -0.2) is 28.1 Å². The van der Waals surface area contributed by atoms with Gasteiger partial charge in [0.15, 0.2) is 0 Å². The van der Waals surface area contributed by atoms with Gasteiger partial charge in [-0.1, -0.05) is 72.8 Å². The number of rotatable bonds is 8. The third-order valence-electron chi connectivity index (χ3n) is 4.23. The molecule has 0 fully saturated rings. The minimum absolute atomic E-state index is 0.0315. The summed E-state index contributed by atoms with van der Waals surface area (Å²) in [6, 6.07) is 22.2. The van der Waals surface area contributed by atoms with E-state index in [2.05, 4.69) is 0 Å². The summed E-state index contributed by atoms with van der Waals surface area (Å²) in [5, 5.41) is 19.0. The average Bonchev–Trinajstić information content (AvgIpc) is 2.76. The number of ether oxygens (including phenoxy) is 2. The van der Waals surface area contributed by atoms with Gasteiger partial charge in [-0.25, -0.2) is 14.4 Å². The summed E-state index contributed by atoms with van der Waals surface area (Å²) in [5.74, 6) is -3.55. The maximum Gasteiger partial charge on any atom is 0.349 e. The first-order valence-corrected chi connectivity index (χ1v) is 8.99. The molecule has 7 nitrogen and oxygen atoms in total. The van der Waals surface area contributed by atoms with E-state index < -0.39 is 30.1 Å². The molecule has 0 heterocycles. The second-order valence-electron chi connectivity index (χ2n) is 6.28. The van der Waals surface area contributed by atoms with E-state index >= 15 is 0 Å². The molecule has 3 aromatic carbocycles. The Bertz CT molecular complexity index is 1030. The van der Waals surface area contributed by atoms with E-state index in [0.717, 1.165) is 0 Å². The van der Waals surface area contributed by atoms with Gasteiger partial charge in [0.25, 0.3) is 0 Å². The van der Waals surface area contributed by atoms with Crippen LogP contribution in [0.15, 0.2) is 84.9 Å². The molecule has 2 atom stereocenters. The number of esters is 1. The Kier molecular flexibility index (Phi) is 6.44. The fourth-order valence-corrected chi connectivity index (χ4v) is 2.81. The van der Waals surface area contributed by atoms with Gasteiger partial charge in [-0.3, -0.25) is 0 Å². The van der Waals surface area contributed by atoms with E-state index in [4.69, 9.17) is 9.47 Å². The molecule has 0 unspecified atom stereocenters. The summed E-state index contributed by atoms with van der Waals surface area (Å²) < 4.78 is 10.8. The molecule has 7 heteroatoms. The number of para-hydroxylation sites is 1. The molecule has 0 spiro atoms. The molecule has 0 amide bonds. The highest BCUT2D eigenvalue weighted by atomic mass is 16.6. The Labute approximate surface area is 172 Å². The summed E-state index contributed by atoms with van der Waals surface area (Å²) in [6.45, 7) is 0. The third kappa shape index (κ3) is 4.82. The van der Waals surface area contributed by atoms with Gasteiger partial charge in [-0.05, 0) is 12.1 Å². The van der Waals surface area contributed by atoms with Gasteiger partial charge in [-0.15, -0.1) is 0 Å². The number of carbonyl (C=O) groups is 3. The summed E-state index contributed by atoms with van der Waals surface area (Å²) >= 11 is 0. The molecule has 0 radical (unpaired) electrons. The minimum Gasteiger partial charge on any atom is -0.478 e. The molecule has 2 N–H and O–H groups in total. The number of benzene rings is 3. The Balaban J connectivity index is 1.88. The van der Waals surface area contributed by atoms with Gasteiger partial charge < -0.3 is 19.7 Å². The smallest absolute Gasteiger partial charge is 0.349 e. The fraction of sp³-hybridized carbons (Fsp3) is 0.0870. The molecular formula is C23H18O7. The van der Waals surface area contributed by atoms with Crippen molar-refractivity contribution in [1.82, 2.24) is 0 Å². The quantitative estimate of drug-likeness (QED) is 0.546. The summed E-state index contributed by atoms with van der Waals surface area (Å²) in [7, 11) is 0. The SMILES string of the molecule is O=C(O[C@@H](C(=O)O)c1ccccc1)c1ccccc1O[C@@H](C(=O)O)c1ccccc1. The van der Waals surface area contributed by atoms with Crippen molar-refractivity contribution in [3.05, 3.63) is 102 Å². The molecule has 0 aromatic heterocycles. The Morgan fingerprint density at radius 1 is 0.633 bits per heavy atom. The fourth-order valence-electron chi connectivity index (χ4n) is 2.81. The molecular weight excluding hydrogens is 388 g/mol. The van der Waals surface area contributed by atoms with Crippen molar-refractivity contribution in [1.29, 1.82) is 0 Å². The lowest BCUT2D eigenvalue weighted by atomic mass is 10.1. The normalized spacial score (nSPS) is 12.4. The van der Waals surface area contributed by atoms with Gasteiger partial charge in [0.2, 0.25) is 12.2 Å². The third-order valence-corrected chi connectivity index (χ3v) is 4.23. The molecule has 0 aliphatic heterocycles. The maximum absolute atomic E-state index is 12.7. The van der Waals surface area contributed by atoms with Crippen LogP contribution in [0, 0.1) is 0 Å². The number of carboxylic acids is 2. The summed E-state index contributed by atoms with van der Waals surface area (Å²) in [5.41, 5.74) is 0.604. The van der Waals surface area contributed by atoms with Crippen molar-refractivity contribution in [2.24, 2.45) is 0 Å². The average molecular weight is 406 g/mol. The van der Waals surface area contributed by atoms with Crippen LogP contribution in [-0.2, 0) is 14.3 Å². The van der Waals surface area contributed by atoms with Gasteiger partial charge in [0.1, 0.15) is 11.3 Å². The number of carbonyl (C=O) groups excluding carboxylic acids is 1. The number of aliphatic carboxylic acids is 2. The first-order valence-electron chi connectivity index (χ1n) is 8.99. The highest BCUT2D eigenvalue weighted by Crippen LogP contribution is 2.28. The highest BCUT2D eigenvalue weighted by Gasteiger charge is 2.28. The molecule has 0 saturated carbocycles. The van der Waals surface area contributed by atoms with Gasteiger partial charge >= 0.3 is 17.9 Å². The predicted octanol–water partition coefficient (Wildman–Crippen LogP) is 3.87. The molecule has 3 aromatic rings. The first-order chi connectivity index (χ1) is 14.5. The Hall–Kier alpha value is -4.13. The van der Waals surface area contributed by atoms with E-state index in [1.807, 2.05) is 0 Å². The lowest BCUT2D eigenvalue weighted by molar-refractivity contribution is -0.147. The zero-order valence-corrected chi connectivity index (χ0v) is 15.7. The van der Waals surface area contributed by atoms with Crippen LogP contribution in [0.5, 0.6) is 5.75 Å². The Morgan fingerprint density at radius 3 is 1.63 bits per heavy atom. The van der Waals surface area contributed by atoms with Crippen LogP contribution >= 0.6 is 0 Å². The standard InChI is InChI=1S/C23H18O7/c24-21(25)19(15-9-3-1-4-10-15)29-18-14-8-7-13-17(18)23(28)30-20(22(26)27)16-11-5-2-6-12-16/h1-14,19-20H,(H,24,25)(H,26,27)/t19-,20-/m1/s1. The number of hydrogen-bond acceptors (Lipinski definition) is 5. The molecule has 0 bridgehead atoms. The maximum atomic E-state index is 12.7. The zero-order chi connectivity index (χ0) is 21.5.